The maximum absolute atomic E-state index is 10.1. The molecule has 28 heavy (non-hydrogen) atoms. The van der Waals surface area contributed by atoms with Crippen LogP contribution in [-0.2, 0) is 12.8 Å². The standard InChI is InChI=1S/C24H19N3O/c1-28-19-12-10-17(11-13-19)23-20-4-2-3-5-22(20)27-24(21(23)15-26)18-8-6-16(14-25)7-9-18/h6-13H,2-5H2,1H3. The first-order valence-electron chi connectivity index (χ1n) is 9.36. The van der Waals surface area contributed by atoms with Crippen LogP contribution in [0, 0.1) is 22.7 Å². The molecule has 0 unspecified atom stereocenters. The quantitative estimate of drug-likeness (QED) is 0.651. The second-order valence-corrected chi connectivity index (χ2v) is 6.87. The van der Waals surface area contributed by atoms with Gasteiger partial charge in [0.1, 0.15) is 11.8 Å². The SMILES string of the molecule is COc1ccc(-c2c(C#N)c(-c3ccc(C#N)cc3)nc3c2CCCC3)cc1. The van der Waals surface area contributed by atoms with Crippen molar-refractivity contribution in [2.24, 2.45) is 0 Å². The van der Waals surface area contributed by atoms with E-state index in [4.69, 9.17) is 15.0 Å². The molecule has 0 N–H and O–H groups in total. The predicted octanol–water partition coefficient (Wildman–Crippen LogP) is 5.05. The first kappa shape index (κ1) is 17.8. The highest BCUT2D eigenvalue weighted by Gasteiger charge is 2.23. The number of pyridine rings is 1. The van der Waals surface area contributed by atoms with Gasteiger partial charge in [-0.25, -0.2) is 0 Å². The van der Waals surface area contributed by atoms with E-state index in [0.717, 1.165) is 53.8 Å². The van der Waals surface area contributed by atoms with Crippen LogP contribution in [0.3, 0.4) is 0 Å². The minimum absolute atomic E-state index is 0.593. The summed E-state index contributed by atoms with van der Waals surface area (Å²) < 4.78 is 5.29. The highest BCUT2D eigenvalue weighted by atomic mass is 16.5. The molecular weight excluding hydrogens is 346 g/mol. The Bertz CT molecular complexity index is 1100. The van der Waals surface area contributed by atoms with Crippen LogP contribution in [0.4, 0.5) is 0 Å². The number of rotatable bonds is 3. The minimum atomic E-state index is 0.593. The Morgan fingerprint density at radius 1 is 0.857 bits per heavy atom. The van der Waals surface area contributed by atoms with Crippen molar-refractivity contribution < 1.29 is 4.74 Å². The van der Waals surface area contributed by atoms with Gasteiger partial charge in [0.2, 0.25) is 0 Å². The van der Waals surface area contributed by atoms with Gasteiger partial charge in [-0.2, -0.15) is 10.5 Å². The third-order valence-electron chi connectivity index (χ3n) is 5.25. The molecule has 0 bridgehead atoms. The highest BCUT2D eigenvalue weighted by molar-refractivity contribution is 5.83. The monoisotopic (exact) mass is 365 g/mol. The molecule has 1 aliphatic rings. The maximum Gasteiger partial charge on any atom is 0.118 e. The number of ether oxygens (including phenoxy) is 1. The molecule has 0 amide bonds. The van der Waals surface area contributed by atoms with Gasteiger partial charge in [-0.15, -0.1) is 0 Å². The van der Waals surface area contributed by atoms with E-state index in [2.05, 4.69) is 12.1 Å². The van der Waals surface area contributed by atoms with Gasteiger partial charge in [-0.05, 0) is 61.1 Å². The lowest BCUT2D eigenvalue weighted by molar-refractivity contribution is 0.415. The van der Waals surface area contributed by atoms with Gasteiger partial charge in [-0.1, -0.05) is 24.3 Å². The molecular formula is C24H19N3O. The molecule has 3 aromatic rings. The van der Waals surface area contributed by atoms with Crippen molar-refractivity contribution in [3.05, 3.63) is 70.9 Å². The Morgan fingerprint density at radius 2 is 1.54 bits per heavy atom. The number of fused-ring (bicyclic) bond motifs is 1. The van der Waals surface area contributed by atoms with Gasteiger partial charge in [0.15, 0.2) is 0 Å². The lowest BCUT2D eigenvalue weighted by Crippen LogP contribution is -2.10. The van der Waals surface area contributed by atoms with Crippen LogP contribution in [0.25, 0.3) is 22.4 Å². The summed E-state index contributed by atoms with van der Waals surface area (Å²) >= 11 is 0. The smallest absolute Gasteiger partial charge is 0.118 e. The van der Waals surface area contributed by atoms with E-state index in [1.807, 2.05) is 36.4 Å². The lowest BCUT2D eigenvalue weighted by Gasteiger charge is -2.22. The molecule has 0 fully saturated rings. The van der Waals surface area contributed by atoms with E-state index in [-0.39, 0.29) is 0 Å². The van der Waals surface area contributed by atoms with E-state index in [9.17, 15) is 5.26 Å². The summed E-state index contributed by atoms with van der Waals surface area (Å²) in [4.78, 5) is 4.90. The van der Waals surface area contributed by atoms with Gasteiger partial charge in [-0.3, -0.25) is 4.98 Å². The van der Waals surface area contributed by atoms with Crippen LogP contribution in [0.2, 0.25) is 0 Å². The Hall–Kier alpha value is -3.63. The zero-order chi connectivity index (χ0) is 19.5. The topological polar surface area (TPSA) is 69.7 Å². The van der Waals surface area contributed by atoms with E-state index in [1.165, 1.54) is 5.56 Å². The molecule has 4 nitrogen and oxygen atoms in total. The van der Waals surface area contributed by atoms with Gasteiger partial charge in [0.25, 0.3) is 0 Å². The molecule has 136 valence electrons. The summed E-state index contributed by atoms with van der Waals surface area (Å²) in [5, 5.41) is 19.1. The molecule has 2 aromatic carbocycles. The van der Waals surface area contributed by atoms with Crippen molar-refractivity contribution >= 4 is 0 Å². The fourth-order valence-corrected chi connectivity index (χ4v) is 3.84. The van der Waals surface area contributed by atoms with Gasteiger partial charge in [0.05, 0.1) is 30.0 Å². The number of aromatic nitrogens is 1. The van der Waals surface area contributed by atoms with Crippen LogP contribution >= 0.6 is 0 Å². The summed E-state index contributed by atoms with van der Waals surface area (Å²) in [5.74, 6) is 0.789. The average Bonchev–Trinajstić information content (AvgIpc) is 2.78. The third-order valence-corrected chi connectivity index (χ3v) is 5.25. The molecule has 0 saturated heterocycles. The summed E-state index contributed by atoms with van der Waals surface area (Å²) in [5.41, 5.74) is 6.99. The molecule has 1 aliphatic carbocycles. The zero-order valence-electron chi connectivity index (χ0n) is 15.7. The Labute approximate surface area is 164 Å². The van der Waals surface area contributed by atoms with E-state index in [1.54, 1.807) is 19.2 Å². The number of methoxy groups -OCH3 is 1. The van der Waals surface area contributed by atoms with E-state index < -0.39 is 0 Å². The van der Waals surface area contributed by atoms with Gasteiger partial charge < -0.3 is 4.74 Å². The molecule has 0 aliphatic heterocycles. The van der Waals surface area contributed by atoms with Crippen molar-refractivity contribution in [1.29, 1.82) is 10.5 Å². The zero-order valence-corrected chi connectivity index (χ0v) is 15.7. The highest BCUT2D eigenvalue weighted by Crippen LogP contribution is 2.38. The number of nitriles is 2. The first-order valence-corrected chi connectivity index (χ1v) is 9.36. The minimum Gasteiger partial charge on any atom is -0.497 e. The Morgan fingerprint density at radius 3 is 2.18 bits per heavy atom. The summed E-state index contributed by atoms with van der Waals surface area (Å²) in [6, 6.07) is 19.7. The fourth-order valence-electron chi connectivity index (χ4n) is 3.84. The van der Waals surface area contributed by atoms with Crippen LogP contribution in [-0.4, -0.2) is 12.1 Å². The number of benzene rings is 2. The van der Waals surface area contributed by atoms with E-state index in [0.29, 0.717) is 16.8 Å². The van der Waals surface area contributed by atoms with Crippen molar-refractivity contribution in [3.8, 4) is 40.3 Å². The van der Waals surface area contributed by atoms with Crippen LogP contribution in [0.1, 0.15) is 35.2 Å². The van der Waals surface area contributed by atoms with Crippen LogP contribution < -0.4 is 4.74 Å². The molecule has 4 rings (SSSR count). The number of nitrogens with zero attached hydrogens (tertiary/aromatic N) is 3. The van der Waals surface area contributed by atoms with Crippen molar-refractivity contribution in [2.75, 3.05) is 7.11 Å². The van der Waals surface area contributed by atoms with Crippen LogP contribution in [0.5, 0.6) is 5.75 Å². The maximum atomic E-state index is 10.1. The second kappa shape index (κ2) is 7.55. The second-order valence-electron chi connectivity index (χ2n) is 6.87. The van der Waals surface area contributed by atoms with Crippen molar-refractivity contribution in [1.82, 2.24) is 4.98 Å². The van der Waals surface area contributed by atoms with Gasteiger partial charge in [0, 0.05) is 16.8 Å². The Balaban J connectivity index is 1.97. The van der Waals surface area contributed by atoms with Crippen molar-refractivity contribution in [2.45, 2.75) is 25.7 Å². The molecule has 0 spiro atoms. The third kappa shape index (κ3) is 3.10. The molecule has 0 saturated carbocycles. The van der Waals surface area contributed by atoms with Gasteiger partial charge >= 0.3 is 0 Å². The fraction of sp³-hybridized carbons (Fsp3) is 0.208. The number of hydrogen-bond acceptors (Lipinski definition) is 4. The average molecular weight is 365 g/mol. The Kier molecular flexibility index (Phi) is 4.79. The number of hydrogen-bond donors (Lipinski definition) is 0. The number of aryl methyl sites for hydroxylation is 1. The lowest BCUT2D eigenvalue weighted by atomic mass is 9.85. The van der Waals surface area contributed by atoms with Crippen LogP contribution in [0.15, 0.2) is 48.5 Å². The molecule has 0 radical (unpaired) electrons. The summed E-state index contributed by atoms with van der Waals surface area (Å²) in [7, 11) is 1.65. The summed E-state index contributed by atoms with van der Waals surface area (Å²) in [6.07, 6.45) is 4.08. The molecule has 0 atom stereocenters. The van der Waals surface area contributed by atoms with Crippen molar-refractivity contribution in [3.63, 3.8) is 0 Å². The predicted molar refractivity (Wildman–Crippen MR) is 108 cm³/mol. The first-order chi connectivity index (χ1) is 13.7. The molecule has 1 heterocycles. The largest absolute Gasteiger partial charge is 0.497 e. The molecule has 1 aromatic heterocycles. The molecule has 4 heteroatoms. The summed E-state index contributed by atoms with van der Waals surface area (Å²) in [6.45, 7) is 0. The normalized spacial score (nSPS) is 12.5. The van der Waals surface area contributed by atoms with E-state index >= 15 is 0 Å².